The van der Waals surface area contributed by atoms with Gasteiger partial charge in [0.05, 0.1) is 28.2 Å². The van der Waals surface area contributed by atoms with Gasteiger partial charge in [0.2, 0.25) is 0 Å². The van der Waals surface area contributed by atoms with Gasteiger partial charge in [0.1, 0.15) is 11.2 Å². The van der Waals surface area contributed by atoms with Gasteiger partial charge in [-0.2, -0.15) is 0 Å². The number of nitrogens with zero attached hydrogens (tertiary/aromatic N) is 4. The van der Waals surface area contributed by atoms with Crippen molar-refractivity contribution in [3.63, 3.8) is 0 Å². The van der Waals surface area contributed by atoms with E-state index in [2.05, 4.69) is 120 Å². The lowest BCUT2D eigenvalue weighted by Gasteiger charge is -2.34. The van der Waals surface area contributed by atoms with Crippen molar-refractivity contribution >= 4 is 60.5 Å². The third kappa shape index (κ3) is 4.26. The van der Waals surface area contributed by atoms with Crippen LogP contribution in [0.5, 0.6) is 0 Å². The lowest BCUT2D eigenvalue weighted by molar-refractivity contribution is 0.669. The summed E-state index contributed by atoms with van der Waals surface area (Å²) in [7, 11) is 0. The number of fused-ring (bicyclic) bond motifs is 6. The highest BCUT2D eigenvalue weighted by Crippen LogP contribution is 2.53. The molecule has 0 spiro atoms. The van der Waals surface area contributed by atoms with E-state index in [1.54, 1.807) is 0 Å². The van der Waals surface area contributed by atoms with Crippen LogP contribution in [0.4, 0.5) is 17.1 Å². The Kier molecular flexibility index (Phi) is 6.18. The number of para-hydroxylation sites is 3. The molecule has 0 fully saturated rings. The van der Waals surface area contributed by atoms with Gasteiger partial charge in [0, 0.05) is 27.3 Å². The van der Waals surface area contributed by atoms with Gasteiger partial charge in [-0.3, -0.25) is 0 Å². The van der Waals surface area contributed by atoms with Crippen LogP contribution in [0.15, 0.2) is 174 Å². The Morgan fingerprint density at radius 2 is 1.02 bits per heavy atom. The molecule has 0 radical (unpaired) electrons. The summed E-state index contributed by atoms with van der Waals surface area (Å²) in [6.45, 7) is 0. The second kappa shape index (κ2) is 11.2. The van der Waals surface area contributed by atoms with Crippen LogP contribution >= 0.6 is 0 Å². The smallest absolute Gasteiger partial charge is 0.167 e. The van der Waals surface area contributed by atoms with Gasteiger partial charge in [0.25, 0.3) is 0 Å². The monoisotopic (exact) mass is 664 g/mol. The Hall–Kier alpha value is -7.11. The van der Waals surface area contributed by atoms with Gasteiger partial charge in [0.15, 0.2) is 17.5 Å². The molecule has 5 nitrogen and oxygen atoms in total. The first kappa shape index (κ1) is 28.7. The van der Waals surface area contributed by atoms with E-state index in [1.165, 1.54) is 21.9 Å². The molecule has 242 valence electrons. The first-order chi connectivity index (χ1) is 25.8. The Balaban J connectivity index is 1.24. The lowest BCUT2D eigenvalue weighted by atomic mass is 9.90. The van der Waals surface area contributed by atoms with Crippen molar-refractivity contribution in [1.29, 1.82) is 0 Å². The number of furan rings is 1. The third-order valence-corrected chi connectivity index (χ3v) is 10.2. The molecule has 0 saturated heterocycles. The predicted molar refractivity (Wildman–Crippen MR) is 212 cm³/mol. The molecule has 11 rings (SSSR count). The molecule has 8 aromatic carbocycles. The Labute approximate surface area is 299 Å². The molecule has 1 aliphatic heterocycles. The van der Waals surface area contributed by atoms with Crippen LogP contribution in [-0.2, 0) is 0 Å². The molecule has 0 bridgehead atoms. The fraction of sp³-hybridized carbons (Fsp3) is 0. The third-order valence-electron chi connectivity index (χ3n) is 10.2. The summed E-state index contributed by atoms with van der Waals surface area (Å²) < 4.78 is 6.51. The van der Waals surface area contributed by atoms with Gasteiger partial charge < -0.3 is 9.32 Å². The van der Waals surface area contributed by atoms with E-state index in [4.69, 9.17) is 19.4 Å². The molecule has 2 aromatic heterocycles. The normalized spacial score (nSPS) is 12.2. The van der Waals surface area contributed by atoms with Gasteiger partial charge in [-0.05, 0) is 52.1 Å². The SMILES string of the molecule is c1ccc(-c2nc(-c3c(N4c5ccccc5-c5cccc6cccc4c56)ccc4ccccc34)nc(-c3cccc4c3oc3ccccc34)n2)cc1. The zero-order chi connectivity index (χ0) is 34.2. The number of hydrogen-bond donors (Lipinski definition) is 0. The molecular weight excluding hydrogens is 637 g/mol. The number of benzene rings is 8. The summed E-state index contributed by atoms with van der Waals surface area (Å²) in [5, 5.41) is 6.67. The lowest BCUT2D eigenvalue weighted by Crippen LogP contribution is -2.16. The topological polar surface area (TPSA) is 55.1 Å². The van der Waals surface area contributed by atoms with E-state index in [-0.39, 0.29) is 0 Å². The van der Waals surface area contributed by atoms with Crippen LogP contribution in [0.25, 0.3) is 88.8 Å². The second-order valence-corrected chi connectivity index (χ2v) is 13.2. The number of hydrogen-bond acceptors (Lipinski definition) is 5. The van der Waals surface area contributed by atoms with Crippen molar-refractivity contribution in [2.45, 2.75) is 0 Å². The average molecular weight is 665 g/mol. The zero-order valence-corrected chi connectivity index (χ0v) is 27.9. The first-order valence-electron chi connectivity index (χ1n) is 17.5. The summed E-state index contributed by atoms with van der Waals surface area (Å²) in [5.41, 5.74) is 9.88. The molecule has 0 saturated carbocycles. The number of rotatable bonds is 4. The molecule has 3 heterocycles. The van der Waals surface area contributed by atoms with Crippen molar-refractivity contribution in [3.05, 3.63) is 170 Å². The van der Waals surface area contributed by atoms with E-state index >= 15 is 0 Å². The van der Waals surface area contributed by atoms with Gasteiger partial charge >= 0.3 is 0 Å². The van der Waals surface area contributed by atoms with Crippen LogP contribution < -0.4 is 4.90 Å². The van der Waals surface area contributed by atoms with Crippen molar-refractivity contribution < 1.29 is 4.42 Å². The Morgan fingerprint density at radius 1 is 0.385 bits per heavy atom. The van der Waals surface area contributed by atoms with E-state index in [0.717, 1.165) is 66.5 Å². The van der Waals surface area contributed by atoms with Crippen LogP contribution in [0.1, 0.15) is 0 Å². The van der Waals surface area contributed by atoms with E-state index in [1.807, 2.05) is 54.6 Å². The first-order valence-corrected chi connectivity index (χ1v) is 17.5. The number of aromatic nitrogens is 3. The Morgan fingerprint density at radius 3 is 1.94 bits per heavy atom. The fourth-order valence-electron chi connectivity index (χ4n) is 7.95. The molecule has 0 unspecified atom stereocenters. The largest absolute Gasteiger partial charge is 0.455 e. The maximum absolute atomic E-state index is 6.51. The average Bonchev–Trinajstić information content (AvgIpc) is 3.60. The van der Waals surface area contributed by atoms with Crippen LogP contribution in [-0.4, -0.2) is 15.0 Å². The van der Waals surface area contributed by atoms with E-state index < -0.39 is 0 Å². The summed E-state index contributed by atoms with van der Waals surface area (Å²) in [6.07, 6.45) is 0. The second-order valence-electron chi connectivity index (χ2n) is 13.2. The van der Waals surface area contributed by atoms with Crippen LogP contribution in [0.2, 0.25) is 0 Å². The highest BCUT2D eigenvalue weighted by Gasteiger charge is 2.29. The summed E-state index contributed by atoms with van der Waals surface area (Å²) in [6, 6.07) is 59.2. The highest BCUT2D eigenvalue weighted by atomic mass is 16.3. The standard InChI is InChI=1S/C47H28N4O/c1-2-14-31(15-3-1)45-48-46(37-23-12-22-36-34-20-7-9-26-41(34)52-44(36)37)50-47(49-45)43-32-18-5-4-13-29(32)27-28-40(43)51-38-24-8-6-19-33(38)35-21-10-16-30-17-11-25-39(51)42(30)35/h1-28H. The summed E-state index contributed by atoms with van der Waals surface area (Å²) >= 11 is 0. The molecule has 0 aliphatic carbocycles. The van der Waals surface area contributed by atoms with E-state index in [0.29, 0.717) is 17.5 Å². The zero-order valence-electron chi connectivity index (χ0n) is 27.9. The highest BCUT2D eigenvalue weighted by molar-refractivity contribution is 6.16. The molecule has 0 N–H and O–H groups in total. The molecule has 10 aromatic rings. The minimum Gasteiger partial charge on any atom is -0.455 e. The molecule has 5 heteroatoms. The predicted octanol–water partition coefficient (Wildman–Crippen LogP) is 12.5. The summed E-state index contributed by atoms with van der Waals surface area (Å²) in [5.74, 6) is 1.74. The maximum Gasteiger partial charge on any atom is 0.167 e. The van der Waals surface area contributed by atoms with Crippen molar-refractivity contribution in [3.8, 4) is 45.3 Å². The minimum absolute atomic E-state index is 0.555. The molecule has 1 aliphatic rings. The molecule has 0 atom stereocenters. The van der Waals surface area contributed by atoms with E-state index in [9.17, 15) is 0 Å². The molecule has 52 heavy (non-hydrogen) atoms. The van der Waals surface area contributed by atoms with Gasteiger partial charge in [-0.15, -0.1) is 0 Å². The van der Waals surface area contributed by atoms with Gasteiger partial charge in [-0.25, -0.2) is 15.0 Å². The van der Waals surface area contributed by atoms with Crippen LogP contribution in [0, 0.1) is 0 Å². The maximum atomic E-state index is 6.51. The van der Waals surface area contributed by atoms with Crippen molar-refractivity contribution in [2.75, 3.05) is 4.90 Å². The molecular formula is C47H28N4O. The van der Waals surface area contributed by atoms with Crippen LogP contribution in [0.3, 0.4) is 0 Å². The Bertz CT molecular complexity index is 3030. The summed E-state index contributed by atoms with van der Waals surface area (Å²) in [4.78, 5) is 18.2. The fourth-order valence-corrected chi connectivity index (χ4v) is 7.95. The molecule has 0 amide bonds. The minimum atomic E-state index is 0.555. The van der Waals surface area contributed by atoms with Crippen molar-refractivity contribution in [2.24, 2.45) is 0 Å². The van der Waals surface area contributed by atoms with Crippen molar-refractivity contribution in [1.82, 2.24) is 15.0 Å². The quantitative estimate of drug-likeness (QED) is 0.187. The number of anilines is 3. The van der Waals surface area contributed by atoms with Gasteiger partial charge in [-0.1, -0.05) is 140 Å².